The van der Waals surface area contributed by atoms with Crippen molar-refractivity contribution in [2.24, 2.45) is 0 Å². The van der Waals surface area contributed by atoms with Crippen LogP contribution in [0.2, 0.25) is 0 Å². The molecule has 88 valence electrons. The van der Waals surface area contributed by atoms with E-state index < -0.39 is 0 Å². The SMILES string of the molecule is CCC(Oc1ccccc1)C1COCCN1. The molecule has 1 fully saturated rings. The van der Waals surface area contributed by atoms with E-state index in [4.69, 9.17) is 9.47 Å². The molecule has 0 bridgehead atoms. The first-order chi connectivity index (χ1) is 7.90. The van der Waals surface area contributed by atoms with E-state index >= 15 is 0 Å². The predicted molar refractivity (Wildman–Crippen MR) is 63.8 cm³/mol. The van der Waals surface area contributed by atoms with Gasteiger partial charge in [-0.25, -0.2) is 0 Å². The molecule has 3 heteroatoms. The van der Waals surface area contributed by atoms with Crippen LogP contribution in [0.4, 0.5) is 0 Å². The summed E-state index contributed by atoms with van der Waals surface area (Å²) in [6.07, 6.45) is 1.17. The average molecular weight is 221 g/mol. The predicted octanol–water partition coefficient (Wildman–Crippen LogP) is 1.83. The van der Waals surface area contributed by atoms with E-state index in [0.29, 0.717) is 6.04 Å². The fourth-order valence-corrected chi connectivity index (χ4v) is 1.95. The minimum absolute atomic E-state index is 0.183. The van der Waals surface area contributed by atoms with E-state index in [1.807, 2.05) is 30.3 Å². The fourth-order valence-electron chi connectivity index (χ4n) is 1.95. The standard InChI is InChI=1S/C13H19NO2/c1-2-13(12-10-15-9-8-14-12)16-11-6-4-3-5-7-11/h3-7,12-14H,2,8-10H2,1H3. The molecule has 1 aromatic carbocycles. The Labute approximate surface area is 96.8 Å². The zero-order valence-electron chi connectivity index (χ0n) is 9.69. The molecule has 1 aliphatic heterocycles. The van der Waals surface area contributed by atoms with Crippen molar-refractivity contribution in [1.29, 1.82) is 0 Å². The van der Waals surface area contributed by atoms with Crippen molar-refractivity contribution in [2.45, 2.75) is 25.5 Å². The van der Waals surface area contributed by atoms with Crippen molar-refractivity contribution in [2.75, 3.05) is 19.8 Å². The van der Waals surface area contributed by atoms with E-state index in [-0.39, 0.29) is 6.10 Å². The third-order valence-corrected chi connectivity index (χ3v) is 2.83. The van der Waals surface area contributed by atoms with Crippen LogP contribution in [-0.2, 0) is 4.74 Å². The molecule has 0 aliphatic carbocycles. The maximum atomic E-state index is 5.96. The highest BCUT2D eigenvalue weighted by molar-refractivity contribution is 5.21. The summed E-state index contributed by atoms with van der Waals surface area (Å²) in [6, 6.07) is 10.3. The van der Waals surface area contributed by atoms with Crippen LogP contribution in [0.25, 0.3) is 0 Å². The topological polar surface area (TPSA) is 30.5 Å². The quantitative estimate of drug-likeness (QED) is 0.841. The first-order valence-electron chi connectivity index (χ1n) is 5.93. The maximum absolute atomic E-state index is 5.96. The van der Waals surface area contributed by atoms with Crippen molar-refractivity contribution < 1.29 is 9.47 Å². The van der Waals surface area contributed by atoms with Gasteiger partial charge < -0.3 is 14.8 Å². The number of nitrogens with one attached hydrogen (secondary N) is 1. The number of para-hydroxylation sites is 1. The van der Waals surface area contributed by atoms with Gasteiger partial charge >= 0.3 is 0 Å². The van der Waals surface area contributed by atoms with Crippen LogP contribution in [-0.4, -0.2) is 31.9 Å². The average Bonchev–Trinajstić information content (AvgIpc) is 2.38. The Bertz CT molecular complexity index is 296. The zero-order chi connectivity index (χ0) is 11.2. The normalized spacial score (nSPS) is 22.7. The van der Waals surface area contributed by atoms with Gasteiger partial charge in [-0.3, -0.25) is 0 Å². The van der Waals surface area contributed by atoms with Gasteiger partial charge in [-0.1, -0.05) is 25.1 Å². The number of benzene rings is 1. The number of ether oxygens (including phenoxy) is 2. The first kappa shape index (κ1) is 11.4. The smallest absolute Gasteiger partial charge is 0.119 e. The molecule has 2 atom stereocenters. The molecule has 1 N–H and O–H groups in total. The van der Waals surface area contributed by atoms with Gasteiger partial charge in [-0.2, -0.15) is 0 Å². The highest BCUT2D eigenvalue weighted by Crippen LogP contribution is 2.15. The molecule has 2 rings (SSSR count). The molecule has 0 aromatic heterocycles. The second-order valence-electron chi connectivity index (χ2n) is 4.01. The lowest BCUT2D eigenvalue weighted by molar-refractivity contribution is 0.0267. The molecule has 0 spiro atoms. The minimum atomic E-state index is 0.183. The van der Waals surface area contributed by atoms with Gasteiger partial charge in [-0.15, -0.1) is 0 Å². The van der Waals surface area contributed by atoms with Crippen molar-refractivity contribution in [1.82, 2.24) is 5.32 Å². The van der Waals surface area contributed by atoms with Gasteiger partial charge in [-0.05, 0) is 18.6 Å². The summed E-state index contributed by atoms with van der Waals surface area (Å²) in [4.78, 5) is 0. The van der Waals surface area contributed by atoms with Crippen LogP contribution in [0, 0.1) is 0 Å². The largest absolute Gasteiger partial charge is 0.489 e. The van der Waals surface area contributed by atoms with Crippen LogP contribution in [0.5, 0.6) is 5.75 Å². The monoisotopic (exact) mass is 221 g/mol. The molecular formula is C13H19NO2. The molecule has 0 amide bonds. The van der Waals surface area contributed by atoms with Crippen molar-refractivity contribution in [3.63, 3.8) is 0 Å². The van der Waals surface area contributed by atoms with Crippen molar-refractivity contribution in [3.8, 4) is 5.75 Å². The molecule has 1 aromatic rings. The highest BCUT2D eigenvalue weighted by Gasteiger charge is 2.23. The van der Waals surface area contributed by atoms with Gasteiger partial charge in [0.05, 0.1) is 19.3 Å². The lowest BCUT2D eigenvalue weighted by atomic mass is 10.1. The van der Waals surface area contributed by atoms with E-state index in [9.17, 15) is 0 Å². The molecule has 0 radical (unpaired) electrons. The fraction of sp³-hybridized carbons (Fsp3) is 0.538. The molecule has 1 saturated heterocycles. The Morgan fingerprint density at radius 1 is 1.44 bits per heavy atom. The van der Waals surface area contributed by atoms with Crippen LogP contribution in [0.1, 0.15) is 13.3 Å². The molecule has 1 aliphatic rings. The van der Waals surface area contributed by atoms with E-state index in [1.54, 1.807) is 0 Å². The molecule has 16 heavy (non-hydrogen) atoms. The van der Waals surface area contributed by atoms with Gasteiger partial charge in [0.1, 0.15) is 11.9 Å². The first-order valence-corrected chi connectivity index (χ1v) is 5.93. The molecule has 3 nitrogen and oxygen atoms in total. The van der Waals surface area contributed by atoms with E-state index in [2.05, 4.69) is 12.2 Å². The molecular weight excluding hydrogens is 202 g/mol. The lowest BCUT2D eigenvalue weighted by Crippen LogP contribution is -2.50. The van der Waals surface area contributed by atoms with Crippen LogP contribution >= 0.6 is 0 Å². The number of hydrogen-bond donors (Lipinski definition) is 1. The highest BCUT2D eigenvalue weighted by atomic mass is 16.5. The summed E-state index contributed by atoms with van der Waals surface area (Å²) in [5.74, 6) is 0.932. The third kappa shape index (κ3) is 2.97. The van der Waals surface area contributed by atoms with Crippen molar-refractivity contribution in [3.05, 3.63) is 30.3 Å². The minimum Gasteiger partial charge on any atom is -0.489 e. The lowest BCUT2D eigenvalue weighted by Gasteiger charge is -2.31. The Kier molecular flexibility index (Phi) is 4.19. The van der Waals surface area contributed by atoms with Crippen LogP contribution in [0.15, 0.2) is 30.3 Å². The number of hydrogen-bond acceptors (Lipinski definition) is 3. The van der Waals surface area contributed by atoms with Gasteiger partial charge in [0.25, 0.3) is 0 Å². The van der Waals surface area contributed by atoms with Gasteiger partial charge in [0.15, 0.2) is 0 Å². The molecule has 1 heterocycles. The third-order valence-electron chi connectivity index (χ3n) is 2.83. The molecule has 0 saturated carbocycles. The Balaban J connectivity index is 1.94. The van der Waals surface area contributed by atoms with Gasteiger partial charge in [0.2, 0.25) is 0 Å². The second-order valence-corrected chi connectivity index (χ2v) is 4.01. The summed E-state index contributed by atoms with van der Waals surface area (Å²) in [5.41, 5.74) is 0. The summed E-state index contributed by atoms with van der Waals surface area (Å²) >= 11 is 0. The maximum Gasteiger partial charge on any atom is 0.119 e. The van der Waals surface area contributed by atoms with E-state index in [1.165, 1.54) is 0 Å². The second kappa shape index (κ2) is 5.87. The van der Waals surface area contributed by atoms with E-state index in [0.717, 1.165) is 31.9 Å². The van der Waals surface area contributed by atoms with Gasteiger partial charge in [0, 0.05) is 6.54 Å². The van der Waals surface area contributed by atoms with Crippen molar-refractivity contribution >= 4 is 0 Å². The zero-order valence-corrected chi connectivity index (χ0v) is 9.69. The Hall–Kier alpha value is -1.06. The summed E-state index contributed by atoms with van der Waals surface area (Å²) in [5, 5.41) is 3.44. The number of morpholine rings is 1. The molecule has 2 unspecified atom stereocenters. The summed E-state index contributed by atoms with van der Waals surface area (Å²) < 4.78 is 11.4. The summed E-state index contributed by atoms with van der Waals surface area (Å²) in [7, 11) is 0. The summed E-state index contributed by atoms with van der Waals surface area (Å²) in [6.45, 7) is 4.60. The number of rotatable bonds is 4. The Morgan fingerprint density at radius 3 is 2.88 bits per heavy atom. The Morgan fingerprint density at radius 2 is 2.25 bits per heavy atom. The van der Waals surface area contributed by atoms with Crippen LogP contribution < -0.4 is 10.1 Å². The van der Waals surface area contributed by atoms with Crippen LogP contribution in [0.3, 0.4) is 0 Å².